The molecule has 5 heteroatoms. The zero-order valence-corrected chi connectivity index (χ0v) is 11.7. The van der Waals surface area contributed by atoms with E-state index in [9.17, 15) is 5.11 Å². The van der Waals surface area contributed by atoms with Gasteiger partial charge >= 0.3 is 0 Å². The molecule has 0 aliphatic carbocycles. The number of ether oxygens (including phenoxy) is 1. The van der Waals surface area contributed by atoms with E-state index in [4.69, 9.17) is 9.84 Å². The summed E-state index contributed by atoms with van der Waals surface area (Å²) in [5.74, 6) is 1.48. The van der Waals surface area contributed by atoms with E-state index in [0.29, 0.717) is 20.4 Å². The Kier molecular flexibility index (Phi) is 3.59. The van der Waals surface area contributed by atoms with E-state index < -0.39 is 0 Å². The molecular weight excluding hydrogens is 352 g/mol. The van der Waals surface area contributed by atoms with Crippen LogP contribution >= 0.6 is 31.9 Å². The average Bonchev–Trinajstić information content (AvgIpc) is 2.26. The minimum Gasteiger partial charge on any atom is -0.508 e. The van der Waals surface area contributed by atoms with Gasteiger partial charge in [0, 0.05) is 0 Å². The predicted molar refractivity (Wildman–Crippen MR) is 71.7 cm³/mol. The maximum absolute atomic E-state index is 9.37. The molecule has 0 aromatic heterocycles. The molecule has 0 saturated carbocycles. The fourth-order valence-electron chi connectivity index (χ4n) is 1.28. The lowest BCUT2D eigenvalue weighted by Crippen LogP contribution is -1.86. The van der Waals surface area contributed by atoms with Crippen molar-refractivity contribution in [1.29, 1.82) is 0 Å². The van der Waals surface area contributed by atoms with E-state index in [-0.39, 0.29) is 11.5 Å². The van der Waals surface area contributed by atoms with Crippen LogP contribution in [0.25, 0.3) is 0 Å². The summed E-state index contributed by atoms with van der Waals surface area (Å²) in [5.41, 5.74) is 0. The summed E-state index contributed by atoms with van der Waals surface area (Å²) in [6, 6.07) is 9.47. The van der Waals surface area contributed by atoms with Crippen LogP contribution in [-0.4, -0.2) is 10.2 Å². The maximum atomic E-state index is 9.37. The number of halogens is 2. The van der Waals surface area contributed by atoms with E-state index >= 15 is 0 Å². The lowest BCUT2D eigenvalue weighted by molar-refractivity contribution is 0.455. The predicted octanol–water partition coefficient (Wildman–Crippen LogP) is 4.42. The van der Waals surface area contributed by atoms with Crippen LogP contribution in [0, 0.1) is 0 Å². The molecule has 2 aromatic carbocycles. The number of hydrogen-bond donors (Lipinski definition) is 2. The quantitative estimate of drug-likeness (QED) is 0.834. The Hall–Kier alpha value is -1.20. The van der Waals surface area contributed by atoms with Crippen molar-refractivity contribution in [2.45, 2.75) is 0 Å². The smallest absolute Gasteiger partial charge is 0.156 e. The van der Waals surface area contributed by atoms with Gasteiger partial charge in [0.05, 0.1) is 8.95 Å². The summed E-state index contributed by atoms with van der Waals surface area (Å²) in [6.45, 7) is 0. The first kappa shape index (κ1) is 12.3. The number of hydrogen-bond acceptors (Lipinski definition) is 3. The van der Waals surface area contributed by atoms with Crippen molar-refractivity contribution in [3.8, 4) is 23.0 Å². The molecule has 0 amide bonds. The second-order valence-corrected chi connectivity index (χ2v) is 5.04. The third-order valence-electron chi connectivity index (χ3n) is 2.04. The van der Waals surface area contributed by atoms with Gasteiger partial charge in [0.25, 0.3) is 0 Å². The molecular formula is C12H8Br2O3. The van der Waals surface area contributed by atoms with Gasteiger partial charge in [-0.15, -0.1) is 0 Å². The number of benzene rings is 2. The Morgan fingerprint density at radius 3 is 1.88 bits per heavy atom. The van der Waals surface area contributed by atoms with Crippen molar-refractivity contribution in [1.82, 2.24) is 0 Å². The normalized spacial score (nSPS) is 10.2. The van der Waals surface area contributed by atoms with Crippen molar-refractivity contribution >= 4 is 31.9 Å². The largest absolute Gasteiger partial charge is 0.508 e. The van der Waals surface area contributed by atoms with E-state index in [2.05, 4.69) is 31.9 Å². The molecule has 0 radical (unpaired) electrons. The Labute approximate surface area is 115 Å². The molecule has 2 rings (SSSR count). The Bertz CT molecular complexity index is 515. The Morgan fingerprint density at radius 1 is 0.824 bits per heavy atom. The van der Waals surface area contributed by atoms with Crippen LogP contribution in [0.4, 0.5) is 0 Å². The third-order valence-corrected chi connectivity index (χ3v) is 3.22. The topological polar surface area (TPSA) is 49.7 Å². The number of phenols is 2. The van der Waals surface area contributed by atoms with Gasteiger partial charge in [0.2, 0.25) is 0 Å². The summed E-state index contributed by atoms with van der Waals surface area (Å²) in [5, 5.41) is 18.5. The molecule has 17 heavy (non-hydrogen) atoms. The monoisotopic (exact) mass is 358 g/mol. The first-order chi connectivity index (χ1) is 8.06. The maximum Gasteiger partial charge on any atom is 0.156 e. The average molecular weight is 360 g/mol. The summed E-state index contributed by atoms with van der Waals surface area (Å²) in [7, 11) is 0. The molecule has 0 unspecified atom stereocenters. The van der Waals surface area contributed by atoms with Gasteiger partial charge in [-0.05, 0) is 68.3 Å². The second-order valence-electron chi connectivity index (χ2n) is 3.33. The lowest BCUT2D eigenvalue weighted by Gasteiger charge is -2.10. The molecule has 0 saturated heterocycles. The van der Waals surface area contributed by atoms with Crippen LogP contribution in [0.1, 0.15) is 0 Å². The van der Waals surface area contributed by atoms with Gasteiger partial charge in [-0.2, -0.15) is 0 Å². The molecule has 0 atom stereocenters. The van der Waals surface area contributed by atoms with Crippen LogP contribution < -0.4 is 4.74 Å². The zero-order chi connectivity index (χ0) is 12.4. The zero-order valence-electron chi connectivity index (χ0n) is 8.52. The van der Waals surface area contributed by atoms with Crippen molar-refractivity contribution < 1.29 is 14.9 Å². The van der Waals surface area contributed by atoms with E-state index in [1.807, 2.05) is 0 Å². The molecule has 88 valence electrons. The number of phenolic OH excluding ortho intramolecular Hbond substituents is 2. The second kappa shape index (κ2) is 4.98. The molecule has 3 nitrogen and oxygen atoms in total. The molecule has 0 fully saturated rings. The van der Waals surface area contributed by atoms with Gasteiger partial charge in [0.15, 0.2) is 5.75 Å². The highest BCUT2D eigenvalue weighted by molar-refractivity contribution is 9.11. The fraction of sp³-hybridized carbons (Fsp3) is 0. The van der Waals surface area contributed by atoms with E-state index in [1.165, 1.54) is 12.1 Å². The number of aromatic hydroxyl groups is 2. The molecule has 0 heterocycles. The van der Waals surface area contributed by atoms with Crippen LogP contribution in [0.15, 0.2) is 45.3 Å². The van der Waals surface area contributed by atoms with Gasteiger partial charge in [-0.3, -0.25) is 0 Å². The van der Waals surface area contributed by atoms with Gasteiger partial charge in [-0.1, -0.05) is 0 Å². The Morgan fingerprint density at radius 2 is 1.35 bits per heavy atom. The minimum absolute atomic E-state index is 0.141. The van der Waals surface area contributed by atoms with Crippen LogP contribution in [0.5, 0.6) is 23.0 Å². The Balaban J connectivity index is 2.33. The standard InChI is InChI=1S/C12H8Br2O3/c13-10-5-8(16)6-11(14)12(10)17-9-3-1-7(15)2-4-9/h1-6,15-16H. The highest BCUT2D eigenvalue weighted by Crippen LogP contribution is 2.39. The van der Waals surface area contributed by atoms with Crippen molar-refractivity contribution in [2.75, 3.05) is 0 Å². The summed E-state index contributed by atoms with van der Waals surface area (Å²) >= 11 is 6.61. The minimum atomic E-state index is 0.141. The van der Waals surface area contributed by atoms with Crippen molar-refractivity contribution in [3.63, 3.8) is 0 Å². The van der Waals surface area contributed by atoms with Crippen LogP contribution in [0.2, 0.25) is 0 Å². The SMILES string of the molecule is Oc1ccc(Oc2c(Br)cc(O)cc2Br)cc1. The highest BCUT2D eigenvalue weighted by Gasteiger charge is 2.09. The summed E-state index contributed by atoms with van der Waals surface area (Å²) in [6.07, 6.45) is 0. The van der Waals surface area contributed by atoms with Crippen molar-refractivity contribution in [2.24, 2.45) is 0 Å². The van der Waals surface area contributed by atoms with Gasteiger partial charge < -0.3 is 14.9 Å². The highest BCUT2D eigenvalue weighted by atomic mass is 79.9. The van der Waals surface area contributed by atoms with Gasteiger partial charge in [-0.25, -0.2) is 0 Å². The molecule has 2 aromatic rings. The summed E-state index contributed by atoms with van der Waals surface area (Å²) in [4.78, 5) is 0. The molecule has 0 bridgehead atoms. The fourth-order valence-corrected chi connectivity index (χ4v) is 2.60. The van der Waals surface area contributed by atoms with E-state index in [1.54, 1.807) is 24.3 Å². The van der Waals surface area contributed by atoms with E-state index in [0.717, 1.165) is 0 Å². The molecule has 2 N–H and O–H groups in total. The van der Waals surface area contributed by atoms with Crippen molar-refractivity contribution in [3.05, 3.63) is 45.3 Å². The first-order valence-corrected chi connectivity index (χ1v) is 6.30. The molecule has 0 spiro atoms. The number of rotatable bonds is 2. The van der Waals surface area contributed by atoms with Crippen LogP contribution in [-0.2, 0) is 0 Å². The third kappa shape index (κ3) is 2.92. The van der Waals surface area contributed by atoms with Crippen LogP contribution in [0.3, 0.4) is 0 Å². The summed E-state index contributed by atoms with van der Waals surface area (Å²) < 4.78 is 6.91. The molecule has 0 aliphatic rings. The first-order valence-electron chi connectivity index (χ1n) is 4.71. The lowest BCUT2D eigenvalue weighted by atomic mass is 10.3. The van der Waals surface area contributed by atoms with Gasteiger partial charge in [0.1, 0.15) is 17.2 Å². The molecule has 0 aliphatic heterocycles.